The Balaban J connectivity index is 1.71. The van der Waals surface area contributed by atoms with Gasteiger partial charge in [-0.1, -0.05) is 38.1 Å². The fourth-order valence-corrected chi connectivity index (χ4v) is 3.24. The standard InChI is InChI=1S/C21H33F3N4O2/c1-16(2)12-28-8-9-30-19(13-28)11-27-20(25-3)26-10-17-4-6-18(7-5-17)14-29-15-21(22,23)24/h4-7,16,19H,8-15H2,1-3H3,(H2,25,26,27). The summed E-state index contributed by atoms with van der Waals surface area (Å²) in [5.74, 6) is 1.31. The minimum atomic E-state index is -4.30. The second-order valence-electron chi connectivity index (χ2n) is 7.88. The average molecular weight is 431 g/mol. The van der Waals surface area contributed by atoms with Crippen LogP contribution in [0, 0.1) is 5.92 Å². The predicted octanol–water partition coefficient (Wildman–Crippen LogP) is 2.79. The van der Waals surface area contributed by atoms with Crippen LogP contribution < -0.4 is 10.6 Å². The molecule has 1 aromatic carbocycles. The number of benzene rings is 1. The summed E-state index contributed by atoms with van der Waals surface area (Å²) in [6, 6.07) is 7.26. The molecule has 1 unspecified atom stereocenters. The van der Waals surface area contributed by atoms with E-state index < -0.39 is 12.8 Å². The highest BCUT2D eigenvalue weighted by Gasteiger charge is 2.27. The second-order valence-corrected chi connectivity index (χ2v) is 7.88. The predicted molar refractivity (Wildman–Crippen MR) is 111 cm³/mol. The Morgan fingerprint density at radius 3 is 2.57 bits per heavy atom. The van der Waals surface area contributed by atoms with E-state index in [0.717, 1.165) is 31.8 Å². The molecule has 0 spiro atoms. The zero-order chi connectivity index (χ0) is 22.0. The summed E-state index contributed by atoms with van der Waals surface area (Å²) in [5, 5.41) is 6.54. The van der Waals surface area contributed by atoms with E-state index in [1.165, 1.54) is 0 Å². The lowest BCUT2D eigenvalue weighted by Gasteiger charge is -2.34. The molecule has 9 heteroatoms. The van der Waals surface area contributed by atoms with E-state index in [1.807, 2.05) is 12.1 Å². The Bertz CT molecular complexity index is 651. The molecule has 1 atom stereocenters. The van der Waals surface area contributed by atoms with Gasteiger partial charge in [0.05, 0.1) is 19.3 Å². The summed E-state index contributed by atoms with van der Waals surface area (Å²) >= 11 is 0. The topological polar surface area (TPSA) is 58.1 Å². The monoisotopic (exact) mass is 430 g/mol. The Hall–Kier alpha value is -1.84. The molecule has 170 valence electrons. The first kappa shape index (κ1) is 24.4. The second kappa shape index (κ2) is 12.1. The number of hydrogen-bond donors (Lipinski definition) is 2. The molecular formula is C21H33F3N4O2. The van der Waals surface area contributed by atoms with Crippen LogP contribution in [0.15, 0.2) is 29.3 Å². The molecule has 1 heterocycles. The van der Waals surface area contributed by atoms with Gasteiger partial charge in [0.15, 0.2) is 5.96 Å². The van der Waals surface area contributed by atoms with Crippen molar-refractivity contribution >= 4 is 5.96 Å². The van der Waals surface area contributed by atoms with E-state index in [1.54, 1.807) is 19.2 Å². The number of hydrogen-bond acceptors (Lipinski definition) is 4. The van der Waals surface area contributed by atoms with Gasteiger partial charge in [-0.3, -0.25) is 9.89 Å². The summed E-state index contributed by atoms with van der Waals surface area (Å²) in [7, 11) is 1.71. The minimum absolute atomic E-state index is 0.0638. The Morgan fingerprint density at radius 1 is 1.23 bits per heavy atom. The van der Waals surface area contributed by atoms with Crippen LogP contribution in [0.5, 0.6) is 0 Å². The van der Waals surface area contributed by atoms with E-state index in [-0.39, 0.29) is 12.7 Å². The van der Waals surface area contributed by atoms with Crippen molar-refractivity contribution in [2.45, 2.75) is 39.3 Å². The maximum Gasteiger partial charge on any atom is 0.411 e. The highest BCUT2D eigenvalue weighted by molar-refractivity contribution is 5.79. The molecule has 0 saturated carbocycles. The maximum absolute atomic E-state index is 12.1. The molecule has 1 fully saturated rings. The fourth-order valence-electron chi connectivity index (χ4n) is 3.24. The molecule has 0 aliphatic carbocycles. The van der Waals surface area contributed by atoms with E-state index in [4.69, 9.17) is 4.74 Å². The van der Waals surface area contributed by atoms with Crippen LogP contribution in [0.2, 0.25) is 0 Å². The van der Waals surface area contributed by atoms with Crippen molar-refractivity contribution < 1.29 is 22.6 Å². The number of guanidine groups is 1. The van der Waals surface area contributed by atoms with Crippen molar-refractivity contribution in [1.82, 2.24) is 15.5 Å². The van der Waals surface area contributed by atoms with Crippen molar-refractivity contribution in [3.8, 4) is 0 Å². The van der Waals surface area contributed by atoms with Gasteiger partial charge in [0.1, 0.15) is 6.61 Å². The minimum Gasteiger partial charge on any atom is -0.374 e. The van der Waals surface area contributed by atoms with Crippen molar-refractivity contribution in [2.75, 3.05) is 46.4 Å². The third-order valence-electron chi connectivity index (χ3n) is 4.58. The van der Waals surface area contributed by atoms with E-state index in [9.17, 15) is 13.2 Å². The Labute approximate surface area is 176 Å². The van der Waals surface area contributed by atoms with Gasteiger partial charge in [-0.05, 0) is 17.0 Å². The smallest absolute Gasteiger partial charge is 0.374 e. The van der Waals surface area contributed by atoms with Crippen LogP contribution in [0.3, 0.4) is 0 Å². The molecule has 0 aromatic heterocycles. The van der Waals surface area contributed by atoms with Gasteiger partial charge in [-0.15, -0.1) is 0 Å². The fraction of sp³-hybridized carbons (Fsp3) is 0.667. The summed E-state index contributed by atoms with van der Waals surface area (Å²) < 4.78 is 46.9. The molecule has 1 saturated heterocycles. The molecule has 0 amide bonds. The molecule has 2 rings (SSSR count). The number of alkyl halides is 3. The number of morpholine rings is 1. The largest absolute Gasteiger partial charge is 0.411 e. The van der Waals surface area contributed by atoms with Gasteiger partial charge < -0.3 is 20.1 Å². The number of nitrogens with one attached hydrogen (secondary N) is 2. The van der Waals surface area contributed by atoms with Crippen molar-refractivity contribution in [1.29, 1.82) is 0 Å². The lowest BCUT2D eigenvalue weighted by molar-refractivity contribution is -0.176. The average Bonchev–Trinajstić information content (AvgIpc) is 2.68. The highest BCUT2D eigenvalue weighted by atomic mass is 19.4. The summed E-state index contributed by atoms with van der Waals surface area (Å²) in [5.41, 5.74) is 1.69. The van der Waals surface area contributed by atoms with Crippen LogP contribution >= 0.6 is 0 Å². The van der Waals surface area contributed by atoms with E-state index >= 15 is 0 Å². The molecule has 1 aliphatic rings. The van der Waals surface area contributed by atoms with Gasteiger partial charge in [-0.2, -0.15) is 13.2 Å². The van der Waals surface area contributed by atoms with Crippen LogP contribution in [0.4, 0.5) is 13.2 Å². The lowest BCUT2D eigenvalue weighted by Crippen LogP contribution is -2.50. The first-order valence-electron chi connectivity index (χ1n) is 10.3. The number of aliphatic imine (C=N–C) groups is 1. The SMILES string of the molecule is CN=C(NCc1ccc(COCC(F)(F)F)cc1)NCC1CN(CC(C)C)CCO1. The molecule has 1 aromatic rings. The Morgan fingerprint density at radius 2 is 1.93 bits per heavy atom. The number of rotatable bonds is 9. The zero-order valence-corrected chi connectivity index (χ0v) is 18.0. The third-order valence-corrected chi connectivity index (χ3v) is 4.58. The number of ether oxygens (including phenoxy) is 2. The van der Waals surface area contributed by atoms with Crippen LogP contribution in [0.1, 0.15) is 25.0 Å². The van der Waals surface area contributed by atoms with E-state index in [2.05, 4.69) is 39.1 Å². The zero-order valence-electron chi connectivity index (χ0n) is 18.0. The molecule has 0 radical (unpaired) electrons. The first-order chi connectivity index (χ1) is 14.2. The van der Waals surface area contributed by atoms with E-state index in [0.29, 0.717) is 30.5 Å². The number of halogens is 3. The lowest BCUT2D eigenvalue weighted by atomic mass is 10.1. The third kappa shape index (κ3) is 9.77. The van der Waals surface area contributed by atoms with Crippen LogP contribution in [0.25, 0.3) is 0 Å². The molecule has 2 N–H and O–H groups in total. The van der Waals surface area contributed by atoms with Gasteiger partial charge in [0.25, 0.3) is 0 Å². The van der Waals surface area contributed by atoms with Crippen molar-refractivity contribution in [2.24, 2.45) is 10.9 Å². The number of nitrogens with zero attached hydrogens (tertiary/aromatic N) is 2. The van der Waals surface area contributed by atoms with Crippen molar-refractivity contribution in [3.05, 3.63) is 35.4 Å². The van der Waals surface area contributed by atoms with Crippen LogP contribution in [-0.2, 0) is 22.6 Å². The maximum atomic E-state index is 12.1. The summed E-state index contributed by atoms with van der Waals surface area (Å²) in [6.45, 7) is 8.04. The molecule has 0 bridgehead atoms. The normalized spacial score (nSPS) is 18.6. The van der Waals surface area contributed by atoms with Crippen LogP contribution in [-0.4, -0.2) is 69.6 Å². The Kier molecular flexibility index (Phi) is 9.87. The molecule has 6 nitrogen and oxygen atoms in total. The molecular weight excluding hydrogens is 397 g/mol. The first-order valence-corrected chi connectivity index (χ1v) is 10.3. The summed E-state index contributed by atoms with van der Waals surface area (Å²) in [6.07, 6.45) is -4.19. The van der Waals surface area contributed by atoms with Crippen molar-refractivity contribution in [3.63, 3.8) is 0 Å². The molecule has 30 heavy (non-hydrogen) atoms. The van der Waals surface area contributed by atoms with Gasteiger partial charge >= 0.3 is 6.18 Å². The van der Waals surface area contributed by atoms with Gasteiger partial charge in [0.2, 0.25) is 0 Å². The van der Waals surface area contributed by atoms with Gasteiger partial charge in [0, 0.05) is 39.8 Å². The molecule has 1 aliphatic heterocycles. The summed E-state index contributed by atoms with van der Waals surface area (Å²) in [4.78, 5) is 6.66. The van der Waals surface area contributed by atoms with Gasteiger partial charge in [-0.25, -0.2) is 0 Å². The quantitative estimate of drug-likeness (QED) is 0.466. The highest BCUT2D eigenvalue weighted by Crippen LogP contribution is 2.16.